The van der Waals surface area contributed by atoms with E-state index in [2.05, 4.69) is 109 Å². The molecule has 0 aliphatic rings. The number of hydrogen-bond acceptors (Lipinski definition) is 5. The summed E-state index contributed by atoms with van der Waals surface area (Å²) in [6.07, 6.45) is 0. The van der Waals surface area contributed by atoms with Gasteiger partial charge in [0, 0.05) is 43.6 Å². The Morgan fingerprint density at radius 2 is 0.904 bits per heavy atom. The Morgan fingerprint density at radius 1 is 0.308 bits per heavy atom. The maximum Gasteiger partial charge on any atom is 0.164 e. The zero-order valence-electron chi connectivity index (χ0n) is 27.7. The summed E-state index contributed by atoms with van der Waals surface area (Å²) >= 11 is 0. The zero-order chi connectivity index (χ0) is 34.2. The molecule has 0 radical (unpaired) electrons. The molecule has 0 N–H and O–H groups in total. The van der Waals surface area contributed by atoms with Gasteiger partial charge < -0.3 is 8.83 Å². The average Bonchev–Trinajstić information content (AvgIpc) is 3.78. The van der Waals surface area contributed by atoms with E-state index in [1.54, 1.807) is 0 Å². The van der Waals surface area contributed by atoms with Crippen LogP contribution in [-0.4, -0.2) is 15.0 Å². The van der Waals surface area contributed by atoms with Crippen LogP contribution in [0.15, 0.2) is 173 Å². The minimum absolute atomic E-state index is 0.603. The van der Waals surface area contributed by atoms with Crippen molar-refractivity contribution in [3.63, 3.8) is 0 Å². The van der Waals surface area contributed by atoms with Crippen LogP contribution in [0.25, 0.3) is 111 Å². The van der Waals surface area contributed by atoms with Crippen molar-refractivity contribution in [2.75, 3.05) is 0 Å². The number of aromatic nitrogens is 3. The van der Waals surface area contributed by atoms with Crippen molar-refractivity contribution >= 4 is 65.4 Å². The van der Waals surface area contributed by atoms with Crippen molar-refractivity contribution in [1.82, 2.24) is 15.0 Å². The fourth-order valence-electron chi connectivity index (χ4n) is 7.63. The molecule has 242 valence electrons. The van der Waals surface area contributed by atoms with Crippen LogP contribution >= 0.6 is 0 Å². The predicted molar refractivity (Wildman–Crippen MR) is 211 cm³/mol. The third-order valence-corrected chi connectivity index (χ3v) is 10.1. The van der Waals surface area contributed by atoms with Crippen LogP contribution in [0.2, 0.25) is 0 Å². The van der Waals surface area contributed by atoms with E-state index in [1.807, 2.05) is 54.6 Å². The lowest BCUT2D eigenvalue weighted by molar-refractivity contribution is 0.669. The van der Waals surface area contributed by atoms with Crippen molar-refractivity contribution in [3.05, 3.63) is 164 Å². The van der Waals surface area contributed by atoms with Gasteiger partial charge in [0.25, 0.3) is 0 Å². The highest BCUT2D eigenvalue weighted by Gasteiger charge is 2.19. The molecule has 3 aromatic heterocycles. The summed E-state index contributed by atoms with van der Waals surface area (Å²) in [4.78, 5) is 15.2. The second-order valence-electron chi connectivity index (χ2n) is 13.2. The maximum atomic E-state index is 6.63. The number of para-hydroxylation sites is 1. The van der Waals surface area contributed by atoms with Gasteiger partial charge in [-0.15, -0.1) is 0 Å². The van der Waals surface area contributed by atoms with Crippen molar-refractivity contribution in [2.45, 2.75) is 0 Å². The Hall–Kier alpha value is -7.11. The lowest BCUT2D eigenvalue weighted by Crippen LogP contribution is -2.00. The van der Waals surface area contributed by atoms with Gasteiger partial charge in [-0.2, -0.15) is 0 Å². The quantitative estimate of drug-likeness (QED) is 0.187. The van der Waals surface area contributed by atoms with Crippen LogP contribution in [0.1, 0.15) is 0 Å². The largest absolute Gasteiger partial charge is 0.456 e. The third kappa shape index (κ3) is 4.46. The maximum absolute atomic E-state index is 6.63. The first-order valence-corrected chi connectivity index (χ1v) is 17.3. The van der Waals surface area contributed by atoms with Crippen molar-refractivity contribution in [3.8, 4) is 45.3 Å². The van der Waals surface area contributed by atoms with E-state index < -0.39 is 0 Å². The van der Waals surface area contributed by atoms with E-state index in [9.17, 15) is 0 Å². The normalized spacial score (nSPS) is 11.8. The van der Waals surface area contributed by atoms with Gasteiger partial charge in [0.1, 0.15) is 22.3 Å². The van der Waals surface area contributed by atoms with Gasteiger partial charge in [0.2, 0.25) is 0 Å². The van der Waals surface area contributed by atoms with Gasteiger partial charge in [-0.1, -0.05) is 121 Å². The zero-order valence-corrected chi connectivity index (χ0v) is 27.7. The highest BCUT2D eigenvalue weighted by atomic mass is 16.3. The molecular formula is C47H27N3O2. The summed E-state index contributed by atoms with van der Waals surface area (Å²) in [5.41, 5.74) is 8.47. The Labute approximate surface area is 297 Å². The van der Waals surface area contributed by atoms with Gasteiger partial charge in [-0.25, -0.2) is 15.0 Å². The van der Waals surface area contributed by atoms with Gasteiger partial charge in [-0.05, 0) is 69.8 Å². The van der Waals surface area contributed by atoms with Crippen LogP contribution in [0.3, 0.4) is 0 Å². The molecule has 5 heteroatoms. The van der Waals surface area contributed by atoms with Crippen LogP contribution in [0.5, 0.6) is 0 Å². The smallest absolute Gasteiger partial charge is 0.164 e. The summed E-state index contributed by atoms with van der Waals surface area (Å²) in [7, 11) is 0. The number of fused-ring (bicyclic) bond motifs is 9. The first kappa shape index (κ1) is 28.7. The molecule has 0 atom stereocenters. The third-order valence-electron chi connectivity index (χ3n) is 10.1. The molecule has 52 heavy (non-hydrogen) atoms. The molecular weight excluding hydrogens is 639 g/mol. The Balaban J connectivity index is 1.14. The molecule has 5 nitrogen and oxygen atoms in total. The standard InChI is InChI=1S/C47H27N3O2/c1-2-12-29(13-3-1)45-48-46(50-47(49-45)36-19-10-14-28-11-4-5-15-32(28)36)31-22-24-43-39(26-31)40-27-37(33-16-6-7-18-35(33)44(40)52-43)30-21-23-42-38(25-30)34-17-8-9-20-41(34)51-42/h1-27H. The lowest BCUT2D eigenvalue weighted by atomic mass is 9.94. The topological polar surface area (TPSA) is 65.0 Å². The fraction of sp³-hybridized carbons (Fsp3) is 0. The van der Waals surface area contributed by atoms with Crippen LogP contribution in [0, 0.1) is 0 Å². The molecule has 11 aromatic rings. The average molecular weight is 666 g/mol. The van der Waals surface area contributed by atoms with E-state index in [1.165, 1.54) is 0 Å². The van der Waals surface area contributed by atoms with Gasteiger partial charge >= 0.3 is 0 Å². The highest BCUT2D eigenvalue weighted by Crippen LogP contribution is 2.42. The monoisotopic (exact) mass is 665 g/mol. The summed E-state index contributed by atoms with van der Waals surface area (Å²) in [6.45, 7) is 0. The number of hydrogen-bond donors (Lipinski definition) is 0. The minimum atomic E-state index is 0.603. The molecule has 0 aliphatic heterocycles. The van der Waals surface area contributed by atoms with E-state index in [4.69, 9.17) is 23.8 Å². The molecule has 0 bridgehead atoms. The molecule has 0 aliphatic carbocycles. The number of furan rings is 2. The first-order valence-electron chi connectivity index (χ1n) is 17.3. The molecule has 11 rings (SSSR count). The van der Waals surface area contributed by atoms with E-state index in [0.29, 0.717) is 17.5 Å². The second kappa shape index (κ2) is 11.2. The van der Waals surface area contributed by atoms with Crippen molar-refractivity contribution in [1.29, 1.82) is 0 Å². The molecule has 0 saturated heterocycles. The number of nitrogens with zero attached hydrogens (tertiary/aromatic N) is 3. The van der Waals surface area contributed by atoms with Gasteiger partial charge in [0.15, 0.2) is 17.5 Å². The highest BCUT2D eigenvalue weighted by molar-refractivity contribution is 6.20. The van der Waals surface area contributed by atoms with Crippen LogP contribution in [-0.2, 0) is 0 Å². The molecule has 0 saturated carbocycles. The number of benzene rings is 8. The molecule has 8 aromatic carbocycles. The number of rotatable bonds is 4. The summed E-state index contributed by atoms with van der Waals surface area (Å²) in [5.74, 6) is 1.86. The van der Waals surface area contributed by atoms with Crippen LogP contribution < -0.4 is 0 Å². The van der Waals surface area contributed by atoms with Crippen molar-refractivity contribution in [2.24, 2.45) is 0 Å². The Morgan fingerprint density at radius 3 is 1.77 bits per heavy atom. The van der Waals surface area contributed by atoms with E-state index >= 15 is 0 Å². The predicted octanol–water partition coefficient (Wildman–Crippen LogP) is 12.6. The van der Waals surface area contributed by atoms with Crippen LogP contribution in [0.4, 0.5) is 0 Å². The molecule has 0 spiro atoms. The summed E-state index contributed by atoms with van der Waals surface area (Å²) in [6, 6.07) is 56.3. The lowest BCUT2D eigenvalue weighted by Gasteiger charge is -2.10. The fourth-order valence-corrected chi connectivity index (χ4v) is 7.63. The molecule has 3 heterocycles. The summed E-state index contributed by atoms with van der Waals surface area (Å²) in [5, 5.41) is 8.68. The van der Waals surface area contributed by atoms with E-state index in [-0.39, 0.29) is 0 Å². The summed E-state index contributed by atoms with van der Waals surface area (Å²) < 4.78 is 12.8. The second-order valence-corrected chi connectivity index (χ2v) is 13.2. The van der Waals surface area contributed by atoms with E-state index in [0.717, 1.165) is 93.2 Å². The SMILES string of the molecule is c1ccc(-c2nc(-c3ccc4oc5c6ccccc6c(-c6ccc7oc8ccccc8c7c6)cc5c4c3)nc(-c3cccc4ccccc34)n2)cc1. The Bertz CT molecular complexity index is 3190. The Kier molecular flexibility index (Phi) is 6.18. The van der Waals surface area contributed by atoms with Gasteiger partial charge in [-0.3, -0.25) is 0 Å². The van der Waals surface area contributed by atoms with Crippen molar-refractivity contribution < 1.29 is 8.83 Å². The molecule has 0 unspecified atom stereocenters. The first-order chi connectivity index (χ1) is 25.7. The van der Waals surface area contributed by atoms with Gasteiger partial charge in [0.05, 0.1) is 0 Å². The minimum Gasteiger partial charge on any atom is -0.456 e. The molecule has 0 amide bonds. The molecule has 0 fully saturated rings.